The Morgan fingerprint density at radius 3 is 3.13 bits per heavy atom. The zero-order valence-corrected chi connectivity index (χ0v) is 9.45. The highest BCUT2D eigenvalue weighted by Gasteiger charge is 2.26. The monoisotopic (exact) mass is 207 g/mol. The van der Waals surface area contributed by atoms with Crippen molar-refractivity contribution in [3.05, 3.63) is 24.0 Å². The Balaban J connectivity index is 2.06. The maximum atomic E-state index is 5.91. The number of rotatable bonds is 3. The van der Waals surface area contributed by atoms with Crippen LogP contribution in [0.25, 0.3) is 0 Å². The van der Waals surface area contributed by atoms with Crippen LogP contribution in [0.5, 0.6) is 0 Å². The van der Waals surface area contributed by atoms with Gasteiger partial charge in [-0.25, -0.2) is 0 Å². The van der Waals surface area contributed by atoms with Crippen LogP contribution >= 0.6 is 0 Å². The zero-order chi connectivity index (χ0) is 10.7. The largest absolute Gasteiger partial charge is 0.367 e. The molecule has 1 aliphatic rings. The minimum Gasteiger partial charge on any atom is -0.367 e. The highest BCUT2D eigenvalue weighted by atomic mass is 15.1. The fraction of sp³-hybridized carbons (Fsp3) is 0.667. The third kappa shape index (κ3) is 2.41. The number of aromatic amines is 1. The predicted octanol–water partition coefficient (Wildman–Crippen LogP) is 1.40. The number of hydrogen-bond acceptors (Lipinski definition) is 2. The maximum Gasteiger partial charge on any atom is 0.00407 e. The molecule has 1 aliphatic heterocycles. The Labute approximate surface area is 91.7 Å². The minimum absolute atomic E-state index is 0.527. The molecule has 2 unspecified atom stereocenters. The second-order valence-corrected chi connectivity index (χ2v) is 4.65. The topological polar surface area (TPSA) is 45.0 Å². The van der Waals surface area contributed by atoms with Crippen LogP contribution in [0.3, 0.4) is 0 Å². The Hall–Kier alpha value is -0.800. The first kappa shape index (κ1) is 10.7. The SMILES string of the molecule is CN1CCCC(C(CN)c2cc[nH]c2)C1. The summed E-state index contributed by atoms with van der Waals surface area (Å²) < 4.78 is 0. The molecule has 0 spiro atoms. The number of H-pyrrole nitrogens is 1. The molecule has 1 aromatic heterocycles. The molecule has 1 fully saturated rings. The molecule has 0 saturated carbocycles. The van der Waals surface area contributed by atoms with Crippen LogP contribution in [-0.2, 0) is 0 Å². The van der Waals surface area contributed by atoms with Crippen LogP contribution in [0.2, 0.25) is 0 Å². The smallest absolute Gasteiger partial charge is 0.00407 e. The molecule has 1 saturated heterocycles. The van der Waals surface area contributed by atoms with E-state index >= 15 is 0 Å². The number of piperidine rings is 1. The van der Waals surface area contributed by atoms with E-state index in [0.717, 1.165) is 12.5 Å². The summed E-state index contributed by atoms with van der Waals surface area (Å²) >= 11 is 0. The van der Waals surface area contributed by atoms with Gasteiger partial charge in [-0.05, 0) is 50.5 Å². The third-order valence-corrected chi connectivity index (χ3v) is 3.53. The molecule has 0 bridgehead atoms. The van der Waals surface area contributed by atoms with Gasteiger partial charge in [-0.2, -0.15) is 0 Å². The van der Waals surface area contributed by atoms with Crippen LogP contribution in [0.15, 0.2) is 18.5 Å². The van der Waals surface area contributed by atoms with E-state index < -0.39 is 0 Å². The second-order valence-electron chi connectivity index (χ2n) is 4.65. The van der Waals surface area contributed by atoms with Crippen LogP contribution in [0.1, 0.15) is 24.3 Å². The summed E-state index contributed by atoms with van der Waals surface area (Å²) in [7, 11) is 2.21. The minimum atomic E-state index is 0.527. The van der Waals surface area contributed by atoms with E-state index in [1.54, 1.807) is 0 Å². The molecule has 2 atom stereocenters. The van der Waals surface area contributed by atoms with Gasteiger partial charge in [0, 0.05) is 24.9 Å². The fourth-order valence-corrected chi connectivity index (χ4v) is 2.70. The molecule has 3 N–H and O–H groups in total. The average molecular weight is 207 g/mol. The van der Waals surface area contributed by atoms with E-state index in [1.807, 2.05) is 6.20 Å². The zero-order valence-electron chi connectivity index (χ0n) is 9.45. The molecule has 0 amide bonds. The highest BCUT2D eigenvalue weighted by molar-refractivity contribution is 5.16. The van der Waals surface area contributed by atoms with Crippen molar-refractivity contribution in [3.8, 4) is 0 Å². The van der Waals surface area contributed by atoms with Gasteiger partial charge in [-0.1, -0.05) is 0 Å². The summed E-state index contributed by atoms with van der Waals surface area (Å²) in [6.07, 6.45) is 6.70. The van der Waals surface area contributed by atoms with Crippen molar-refractivity contribution in [1.29, 1.82) is 0 Å². The van der Waals surface area contributed by atoms with Gasteiger partial charge in [-0.15, -0.1) is 0 Å². The lowest BCUT2D eigenvalue weighted by atomic mass is 9.82. The predicted molar refractivity (Wildman–Crippen MR) is 62.8 cm³/mol. The van der Waals surface area contributed by atoms with Gasteiger partial charge in [0.1, 0.15) is 0 Å². The number of likely N-dealkylation sites (tertiary alicyclic amines) is 1. The van der Waals surface area contributed by atoms with Crippen LogP contribution in [-0.4, -0.2) is 36.6 Å². The Kier molecular flexibility index (Phi) is 3.44. The summed E-state index contributed by atoms with van der Waals surface area (Å²) in [6, 6.07) is 2.16. The molecule has 0 aliphatic carbocycles. The quantitative estimate of drug-likeness (QED) is 0.787. The van der Waals surface area contributed by atoms with Crippen molar-refractivity contribution in [3.63, 3.8) is 0 Å². The van der Waals surface area contributed by atoms with Crippen LogP contribution in [0, 0.1) is 5.92 Å². The van der Waals surface area contributed by atoms with Crippen molar-refractivity contribution in [2.24, 2.45) is 11.7 Å². The molecule has 0 radical (unpaired) electrons. The summed E-state index contributed by atoms with van der Waals surface area (Å²) in [5.41, 5.74) is 7.28. The molecule has 2 heterocycles. The van der Waals surface area contributed by atoms with Gasteiger partial charge in [-0.3, -0.25) is 0 Å². The molecule has 3 heteroatoms. The standard InChI is InChI=1S/C12H21N3/c1-15-6-2-3-11(9-15)12(7-13)10-4-5-14-8-10/h4-5,8,11-12,14H,2-3,6-7,9,13H2,1H3. The van der Waals surface area contributed by atoms with Crippen molar-refractivity contribution in [2.45, 2.75) is 18.8 Å². The first-order chi connectivity index (χ1) is 7.31. The van der Waals surface area contributed by atoms with E-state index in [9.17, 15) is 0 Å². The van der Waals surface area contributed by atoms with Gasteiger partial charge >= 0.3 is 0 Å². The van der Waals surface area contributed by atoms with Crippen molar-refractivity contribution in [1.82, 2.24) is 9.88 Å². The lowest BCUT2D eigenvalue weighted by Crippen LogP contribution is -2.37. The molecule has 3 nitrogen and oxygen atoms in total. The number of hydrogen-bond donors (Lipinski definition) is 2. The third-order valence-electron chi connectivity index (χ3n) is 3.53. The molecule has 84 valence electrons. The van der Waals surface area contributed by atoms with E-state index in [-0.39, 0.29) is 0 Å². The van der Waals surface area contributed by atoms with Gasteiger partial charge in [0.05, 0.1) is 0 Å². The van der Waals surface area contributed by atoms with Crippen LogP contribution < -0.4 is 5.73 Å². The summed E-state index contributed by atoms with van der Waals surface area (Å²) in [4.78, 5) is 5.55. The molecular formula is C12H21N3. The summed E-state index contributed by atoms with van der Waals surface area (Å²) in [5.74, 6) is 1.25. The van der Waals surface area contributed by atoms with E-state index in [1.165, 1.54) is 31.5 Å². The molecular weight excluding hydrogens is 186 g/mol. The van der Waals surface area contributed by atoms with E-state index in [2.05, 4.69) is 29.2 Å². The van der Waals surface area contributed by atoms with Crippen LogP contribution in [0.4, 0.5) is 0 Å². The van der Waals surface area contributed by atoms with Crippen molar-refractivity contribution in [2.75, 3.05) is 26.7 Å². The van der Waals surface area contributed by atoms with Gasteiger partial charge in [0.15, 0.2) is 0 Å². The number of nitrogens with two attached hydrogens (primary N) is 1. The fourth-order valence-electron chi connectivity index (χ4n) is 2.70. The number of nitrogens with zero attached hydrogens (tertiary/aromatic N) is 1. The number of aromatic nitrogens is 1. The maximum absolute atomic E-state index is 5.91. The van der Waals surface area contributed by atoms with E-state index in [0.29, 0.717) is 5.92 Å². The normalized spacial score (nSPS) is 25.3. The molecule has 1 aromatic rings. The Bertz CT molecular complexity index is 281. The van der Waals surface area contributed by atoms with Crippen molar-refractivity contribution < 1.29 is 0 Å². The van der Waals surface area contributed by atoms with Gasteiger partial charge < -0.3 is 15.6 Å². The Morgan fingerprint density at radius 1 is 1.67 bits per heavy atom. The van der Waals surface area contributed by atoms with E-state index in [4.69, 9.17) is 5.73 Å². The number of nitrogens with one attached hydrogen (secondary N) is 1. The highest BCUT2D eigenvalue weighted by Crippen LogP contribution is 2.30. The first-order valence-electron chi connectivity index (χ1n) is 5.82. The molecule has 2 rings (SSSR count). The second kappa shape index (κ2) is 4.81. The first-order valence-corrected chi connectivity index (χ1v) is 5.82. The Morgan fingerprint density at radius 2 is 2.53 bits per heavy atom. The van der Waals surface area contributed by atoms with Crippen molar-refractivity contribution >= 4 is 0 Å². The summed E-state index contributed by atoms with van der Waals surface area (Å²) in [6.45, 7) is 3.18. The lowest BCUT2D eigenvalue weighted by Gasteiger charge is -2.34. The molecule has 0 aromatic carbocycles. The lowest BCUT2D eigenvalue weighted by molar-refractivity contribution is 0.188. The average Bonchev–Trinajstić information content (AvgIpc) is 2.72. The molecule has 15 heavy (non-hydrogen) atoms. The van der Waals surface area contributed by atoms with Gasteiger partial charge in [0.2, 0.25) is 0 Å². The van der Waals surface area contributed by atoms with Gasteiger partial charge in [0.25, 0.3) is 0 Å². The summed E-state index contributed by atoms with van der Waals surface area (Å²) in [5, 5.41) is 0.